The van der Waals surface area contributed by atoms with Gasteiger partial charge in [-0.15, -0.1) is 0 Å². The number of hydrogen-bond acceptors (Lipinski definition) is 5. The van der Waals surface area contributed by atoms with Crippen molar-refractivity contribution in [3.8, 4) is 0 Å². The maximum Gasteiger partial charge on any atom is 0.508 e. The molecule has 7 heteroatoms. The molecule has 0 saturated heterocycles. The number of carbonyl (C=O) groups is 1. The van der Waals surface area contributed by atoms with Gasteiger partial charge in [0.1, 0.15) is 0 Å². The van der Waals surface area contributed by atoms with E-state index in [0.717, 1.165) is 12.8 Å². The summed E-state index contributed by atoms with van der Waals surface area (Å²) in [5.41, 5.74) is 0. The minimum absolute atomic E-state index is 0.00449. The highest BCUT2D eigenvalue weighted by molar-refractivity contribution is 7.47. The first-order valence-electron chi connectivity index (χ1n) is 11.9. The molecule has 1 unspecified atom stereocenters. The molecule has 0 aromatic heterocycles. The van der Waals surface area contributed by atoms with Gasteiger partial charge in [-0.05, 0) is 13.3 Å². The van der Waals surface area contributed by atoms with E-state index in [9.17, 15) is 9.36 Å². The van der Waals surface area contributed by atoms with Crippen LogP contribution in [-0.4, -0.2) is 17.5 Å². The Morgan fingerprint density at radius 3 is 1.45 bits per heavy atom. The monoisotopic (exact) mass is 436 g/mol. The van der Waals surface area contributed by atoms with Crippen LogP contribution in [-0.2, 0) is 23.4 Å². The molecule has 0 aromatic rings. The van der Waals surface area contributed by atoms with Crippen LogP contribution >= 0.6 is 7.82 Å². The van der Waals surface area contributed by atoms with Crippen LogP contribution in [0, 0.1) is 0 Å². The van der Waals surface area contributed by atoms with Gasteiger partial charge in [-0.25, -0.2) is 9.36 Å². The Bertz CT molecular complexity index is 416. The molecule has 0 rings (SSSR count). The fourth-order valence-corrected chi connectivity index (χ4v) is 3.86. The second-order valence-electron chi connectivity index (χ2n) is 7.82. The van der Waals surface area contributed by atoms with Crippen molar-refractivity contribution in [1.29, 1.82) is 0 Å². The molecule has 29 heavy (non-hydrogen) atoms. The summed E-state index contributed by atoms with van der Waals surface area (Å²) in [7, 11) is -4.27. The van der Waals surface area contributed by atoms with E-state index < -0.39 is 13.8 Å². The smallest absolute Gasteiger partial charge is 0.300 e. The van der Waals surface area contributed by atoms with Gasteiger partial charge in [-0.2, -0.15) is 0 Å². The highest BCUT2D eigenvalue weighted by Gasteiger charge is 2.23. The topological polar surface area (TPSA) is 82.1 Å². The summed E-state index contributed by atoms with van der Waals surface area (Å²) in [5, 5.41) is 0. The van der Waals surface area contributed by atoms with Crippen LogP contribution in [0.25, 0.3) is 0 Å². The van der Waals surface area contributed by atoms with E-state index in [2.05, 4.69) is 21.0 Å². The average Bonchev–Trinajstić information content (AvgIpc) is 2.69. The zero-order valence-electron chi connectivity index (χ0n) is 18.9. The second-order valence-corrected chi connectivity index (χ2v) is 9.17. The van der Waals surface area contributed by atoms with E-state index in [4.69, 9.17) is 4.89 Å². The van der Waals surface area contributed by atoms with Crippen molar-refractivity contribution in [2.24, 2.45) is 0 Å². The van der Waals surface area contributed by atoms with E-state index in [0.29, 0.717) is 6.42 Å². The van der Waals surface area contributed by atoms with Crippen molar-refractivity contribution in [1.82, 2.24) is 0 Å². The summed E-state index contributed by atoms with van der Waals surface area (Å²) in [6, 6.07) is 0. The van der Waals surface area contributed by atoms with Crippen LogP contribution in [0.2, 0.25) is 0 Å². The van der Waals surface area contributed by atoms with E-state index >= 15 is 0 Å². The second kappa shape index (κ2) is 20.8. The van der Waals surface area contributed by atoms with Gasteiger partial charge in [0.2, 0.25) is 0 Å². The molecule has 0 bridgehead atoms. The predicted octanol–water partition coefficient (Wildman–Crippen LogP) is 7.64. The minimum atomic E-state index is -4.27. The summed E-state index contributed by atoms with van der Waals surface area (Å²) in [4.78, 5) is 24.8. The zero-order valence-corrected chi connectivity index (χ0v) is 19.8. The molecule has 1 atom stereocenters. The van der Waals surface area contributed by atoms with Crippen LogP contribution in [0.1, 0.15) is 129 Å². The van der Waals surface area contributed by atoms with E-state index in [1.807, 2.05) is 0 Å². The molecule has 0 aromatic carbocycles. The molecular weight excluding hydrogens is 391 g/mol. The predicted molar refractivity (Wildman–Crippen MR) is 117 cm³/mol. The number of phosphoric acid groups is 1. The number of phosphoric ester groups is 1. The molecule has 0 aliphatic heterocycles. The molecule has 0 fully saturated rings. The number of carbonyl (C=O) groups excluding carboxylic acids is 1. The fourth-order valence-electron chi connectivity index (χ4n) is 3.31. The Morgan fingerprint density at radius 2 is 1.07 bits per heavy atom. The van der Waals surface area contributed by atoms with E-state index in [1.165, 1.54) is 89.9 Å². The quantitative estimate of drug-likeness (QED) is 0.0812. The first-order chi connectivity index (χ1) is 14.0. The first kappa shape index (κ1) is 28.6. The van der Waals surface area contributed by atoms with Gasteiger partial charge in [0.25, 0.3) is 0 Å². The third-order valence-electron chi connectivity index (χ3n) is 5.00. The van der Waals surface area contributed by atoms with Crippen LogP contribution in [0.3, 0.4) is 0 Å². The third kappa shape index (κ3) is 22.1. The SMILES string of the molecule is CCCCCCCCCCCCCCCCCCCC(=O)OOP(=O)(O)OCC. The Balaban J connectivity index is 3.24. The summed E-state index contributed by atoms with van der Waals surface area (Å²) in [6.45, 7) is 3.82. The summed E-state index contributed by atoms with van der Waals surface area (Å²) < 4.78 is 19.8. The Labute approximate surface area is 178 Å². The standard InChI is InChI=1S/C22H45O6P/c1-3-5-6-7-8-9-10-11-12-13-14-15-16-17-18-19-20-21-22(23)27-28-29(24,25)26-4-2/h3-21H2,1-2H3,(H,24,25). The molecular formula is C22H45O6P. The van der Waals surface area contributed by atoms with Crippen LogP contribution < -0.4 is 0 Å². The summed E-state index contributed by atoms with van der Waals surface area (Å²) >= 11 is 0. The van der Waals surface area contributed by atoms with Crippen molar-refractivity contribution in [2.75, 3.05) is 6.61 Å². The number of unbranched alkanes of at least 4 members (excludes halogenated alkanes) is 16. The molecule has 174 valence electrons. The van der Waals surface area contributed by atoms with Crippen molar-refractivity contribution in [3.63, 3.8) is 0 Å². The van der Waals surface area contributed by atoms with Gasteiger partial charge >= 0.3 is 13.8 Å². The van der Waals surface area contributed by atoms with Gasteiger partial charge in [0.15, 0.2) is 0 Å². The third-order valence-corrected chi connectivity index (χ3v) is 5.85. The summed E-state index contributed by atoms with van der Waals surface area (Å²) in [6.07, 6.45) is 21.9. The van der Waals surface area contributed by atoms with Gasteiger partial charge < -0.3 is 4.89 Å². The molecule has 0 radical (unpaired) electrons. The normalized spacial score (nSPS) is 13.3. The summed E-state index contributed by atoms with van der Waals surface area (Å²) in [5.74, 6) is -0.639. The lowest BCUT2D eigenvalue weighted by Gasteiger charge is -2.08. The number of hydrogen-bond donors (Lipinski definition) is 1. The van der Waals surface area contributed by atoms with Gasteiger partial charge in [-0.1, -0.05) is 114 Å². The Hall–Kier alpha value is -0.420. The number of rotatable bonds is 22. The Morgan fingerprint density at radius 1 is 0.690 bits per heavy atom. The highest BCUT2D eigenvalue weighted by Crippen LogP contribution is 2.43. The lowest BCUT2D eigenvalue weighted by atomic mass is 10.0. The minimum Gasteiger partial charge on any atom is -0.300 e. The van der Waals surface area contributed by atoms with Crippen LogP contribution in [0.15, 0.2) is 0 Å². The van der Waals surface area contributed by atoms with Crippen molar-refractivity contribution >= 4 is 13.8 Å². The van der Waals surface area contributed by atoms with E-state index in [-0.39, 0.29) is 13.0 Å². The highest BCUT2D eigenvalue weighted by atomic mass is 31.2. The van der Waals surface area contributed by atoms with Crippen LogP contribution in [0.5, 0.6) is 0 Å². The maximum absolute atomic E-state index is 11.4. The largest absolute Gasteiger partial charge is 0.508 e. The van der Waals surface area contributed by atoms with Crippen LogP contribution in [0.4, 0.5) is 0 Å². The van der Waals surface area contributed by atoms with E-state index in [1.54, 1.807) is 6.92 Å². The van der Waals surface area contributed by atoms with Crippen molar-refractivity contribution in [3.05, 3.63) is 0 Å². The lowest BCUT2D eigenvalue weighted by molar-refractivity contribution is -0.223. The Kier molecular flexibility index (Phi) is 20.5. The maximum atomic E-state index is 11.4. The van der Waals surface area contributed by atoms with Gasteiger partial charge in [0.05, 0.1) is 6.61 Å². The molecule has 0 aliphatic carbocycles. The van der Waals surface area contributed by atoms with Gasteiger partial charge in [-0.3, -0.25) is 9.41 Å². The van der Waals surface area contributed by atoms with Gasteiger partial charge in [0, 0.05) is 6.42 Å². The fraction of sp³-hybridized carbons (Fsp3) is 0.955. The zero-order chi connectivity index (χ0) is 21.6. The average molecular weight is 437 g/mol. The molecule has 0 spiro atoms. The molecule has 0 aliphatic rings. The molecule has 0 amide bonds. The molecule has 0 heterocycles. The lowest BCUT2D eigenvalue weighted by Crippen LogP contribution is -2.05. The first-order valence-corrected chi connectivity index (χ1v) is 13.4. The molecule has 1 N–H and O–H groups in total. The molecule has 0 saturated carbocycles. The van der Waals surface area contributed by atoms with Crippen molar-refractivity contribution < 1.29 is 28.3 Å². The van der Waals surface area contributed by atoms with Crippen molar-refractivity contribution in [2.45, 2.75) is 129 Å². The molecule has 6 nitrogen and oxygen atoms in total.